The molecule has 1 atom stereocenters. The molecule has 124 valence electrons. The Kier molecular flexibility index (Phi) is 5.54. The molecule has 1 saturated carbocycles. The van der Waals surface area contributed by atoms with E-state index in [0.29, 0.717) is 0 Å². The van der Waals surface area contributed by atoms with Crippen molar-refractivity contribution >= 4 is 23.6 Å². The second-order valence-corrected chi connectivity index (χ2v) is 6.85. The van der Waals surface area contributed by atoms with Crippen LogP contribution in [0.15, 0.2) is 65.6 Å². The van der Waals surface area contributed by atoms with Gasteiger partial charge in [-0.1, -0.05) is 48.5 Å². The van der Waals surface area contributed by atoms with Gasteiger partial charge in [0.15, 0.2) is 6.61 Å². The molecule has 0 aromatic heterocycles. The molecule has 2 aromatic rings. The van der Waals surface area contributed by atoms with Crippen molar-refractivity contribution in [2.75, 3.05) is 6.61 Å². The van der Waals surface area contributed by atoms with Crippen molar-refractivity contribution in [1.29, 1.82) is 0 Å². The summed E-state index contributed by atoms with van der Waals surface area (Å²) >= 11 is 1.42. The van der Waals surface area contributed by atoms with E-state index in [-0.39, 0.29) is 18.6 Å². The van der Waals surface area contributed by atoms with Gasteiger partial charge in [0.1, 0.15) is 5.25 Å². The Hall–Kier alpha value is -2.27. The third-order valence-electron chi connectivity index (χ3n) is 3.60. The van der Waals surface area contributed by atoms with Crippen LogP contribution in [0.5, 0.6) is 0 Å². The largest absolute Gasteiger partial charge is 0.454 e. The second kappa shape index (κ2) is 8.02. The Morgan fingerprint density at radius 3 is 2.29 bits per heavy atom. The molecule has 1 amide bonds. The molecule has 1 N–H and O–H groups in total. The summed E-state index contributed by atoms with van der Waals surface area (Å²) in [4.78, 5) is 25.2. The van der Waals surface area contributed by atoms with E-state index in [1.807, 2.05) is 60.7 Å². The minimum atomic E-state index is -0.498. The summed E-state index contributed by atoms with van der Waals surface area (Å²) in [5.41, 5.74) is 0.860. The molecule has 0 spiro atoms. The molecular formula is C19H19NO3S. The zero-order chi connectivity index (χ0) is 16.8. The summed E-state index contributed by atoms with van der Waals surface area (Å²) in [7, 11) is 0. The molecule has 2 aromatic carbocycles. The number of hydrogen-bond donors (Lipinski definition) is 1. The van der Waals surface area contributed by atoms with E-state index >= 15 is 0 Å². The maximum absolute atomic E-state index is 12.5. The molecular weight excluding hydrogens is 322 g/mol. The molecule has 0 aliphatic heterocycles. The van der Waals surface area contributed by atoms with Gasteiger partial charge in [-0.05, 0) is 30.5 Å². The summed E-state index contributed by atoms with van der Waals surface area (Å²) in [5, 5.41) is 2.32. The standard InChI is InChI=1S/C19H19NO3S/c21-17(20-15-11-12-15)13-23-19(22)18(14-7-3-1-4-8-14)24-16-9-5-2-6-10-16/h1-10,15,18H,11-13H2,(H,20,21)/t18-/m0/s1. The first-order chi connectivity index (χ1) is 11.7. The predicted molar refractivity (Wildman–Crippen MR) is 93.6 cm³/mol. The highest BCUT2D eigenvalue weighted by atomic mass is 32.2. The molecule has 1 aliphatic carbocycles. The smallest absolute Gasteiger partial charge is 0.324 e. The van der Waals surface area contributed by atoms with E-state index in [4.69, 9.17) is 4.74 Å². The van der Waals surface area contributed by atoms with Crippen LogP contribution in [0.4, 0.5) is 0 Å². The first-order valence-corrected chi connectivity index (χ1v) is 8.83. The van der Waals surface area contributed by atoms with Crippen LogP contribution >= 0.6 is 11.8 Å². The molecule has 0 radical (unpaired) electrons. The van der Waals surface area contributed by atoms with Gasteiger partial charge in [-0.15, -0.1) is 11.8 Å². The van der Waals surface area contributed by atoms with Crippen LogP contribution in [-0.2, 0) is 14.3 Å². The van der Waals surface area contributed by atoms with Gasteiger partial charge in [-0.25, -0.2) is 0 Å². The number of nitrogens with one attached hydrogen (secondary N) is 1. The van der Waals surface area contributed by atoms with E-state index in [0.717, 1.165) is 23.3 Å². The normalized spacial score (nSPS) is 14.7. The summed E-state index contributed by atoms with van der Waals surface area (Å²) in [5.74, 6) is -0.636. The molecule has 3 rings (SSSR count). The maximum atomic E-state index is 12.5. The van der Waals surface area contributed by atoms with Crippen molar-refractivity contribution in [3.05, 3.63) is 66.2 Å². The lowest BCUT2D eigenvalue weighted by Crippen LogP contribution is -2.31. The van der Waals surface area contributed by atoms with Gasteiger partial charge in [0.05, 0.1) is 0 Å². The minimum Gasteiger partial charge on any atom is -0.454 e. The summed E-state index contributed by atoms with van der Waals surface area (Å²) in [6.07, 6.45) is 2.02. The third-order valence-corrected chi connectivity index (χ3v) is 4.85. The van der Waals surface area contributed by atoms with Gasteiger partial charge in [0.25, 0.3) is 5.91 Å². The van der Waals surface area contributed by atoms with Crippen molar-refractivity contribution < 1.29 is 14.3 Å². The van der Waals surface area contributed by atoms with Gasteiger partial charge in [0, 0.05) is 10.9 Å². The van der Waals surface area contributed by atoms with Gasteiger partial charge in [-0.3, -0.25) is 9.59 Å². The Balaban J connectivity index is 1.66. The molecule has 1 aliphatic rings. The number of hydrogen-bond acceptors (Lipinski definition) is 4. The number of carbonyl (C=O) groups is 2. The van der Waals surface area contributed by atoms with Crippen molar-refractivity contribution in [3.63, 3.8) is 0 Å². The van der Waals surface area contributed by atoms with Crippen molar-refractivity contribution in [1.82, 2.24) is 5.32 Å². The average Bonchev–Trinajstić information content (AvgIpc) is 3.43. The Bertz CT molecular complexity index is 686. The van der Waals surface area contributed by atoms with Gasteiger partial charge in [-0.2, -0.15) is 0 Å². The molecule has 0 bridgehead atoms. The first kappa shape index (κ1) is 16.6. The molecule has 0 heterocycles. The van der Waals surface area contributed by atoms with E-state index in [1.54, 1.807) is 0 Å². The fraction of sp³-hybridized carbons (Fsp3) is 0.263. The second-order valence-electron chi connectivity index (χ2n) is 5.67. The quantitative estimate of drug-likeness (QED) is 0.620. The van der Waals surface area contributed by atoms with E-state index in [1.165, 1.54) is 11.8 Å². The van der Waals surface area contributed by atoms with Gasteiger partial charge < -0.3 is 10.1 Å². The molecule has 1 fully saturated rings. The number of rotatable bonds is 7. The molecule has 24 heavy (non-hydrogen) atoms. The lowest BCUT2D eigenvalue weighted by molar-refractivity contribution is -0.148. The van der Waals surface area contributed by atoms with Gasteiger partial charge >= 0.3 is 5.97 Å². The topological polar surface area (TPSA) is 55.4 Å². The minimum absolute atomic E-state index is 0.228. The van der Waals surface area contributed by atoms with Crippen LogP contribution in [0.1, 0.15) is 23.7 Å². The number of esters is 1. The highest BCUT2D eigenvalue weighted by Crippen LogP contribution is 2.36. The highest BCUT2D eigenvalue weighted by Gasteiger charge is 2.26. The number of ether oxygens (including phenoxy) is 1. The van der Waals surface area contributed by atoms with Crippen molar-refractivity contribution in [3.8, 4) is 0 Å². The zero-order valence-electron chi connectivity index (χ0n) is 13.2. The van der Waals surface area contributed by atoms with Crippen LogP contribution in [0.2, 0.25) is 0 Å². The van der Waals surface area contributed by atoms with E-state index in [2.05, 4.69) is 5.32 Å². The molecule has 4 nitrogen and oxygen atoms in total. The monoisotopic (exact) mass is 341 g/mol. The SMILES string of the molecule is O=C(COC(=O)[C@@H](Sc1ccccc1)c1ccccc1)NC1CC1. The predicted octanol–water partition coefficient (Wildman–Crippen LogP) is 3.34. The third kappa shape index (κ3) is 4.86. The Morgan fingerprint density at radius 2 is 1.67 bits per heavy atom. The Morgan fingerprint density at radius 1 is 1.04 bits per heavy atom. The first-order valence-electron chi connectivity index (χ1n) is 7.95. The lowest BCUT2D eigenvalue weighted by atomic mass is 10.1. The summed E-state index contributed by atoms with van der Waals surface area (Å²) in [6.45, 7) is -0.228. The van der Waals surface area contributed by atoms with Crippen LogP contribution in [0.25, 0.3) is 0 Å². The number of thioether (sulfide) groups is 1. The number of carbonyl (C=O) groups excluding carboxylic acids is 2. The summed E-state index contributed by atoms with van der Waals surface area (Å²) < 4.78 is 5.25. The fourth-order valence-electron chi connectivity index (χ4n) is 2.22. The van der Waals surface area contributed by atoms with Crippen molar-refractivity contribution in [2.24, 2.45) is 0 Å². The number of benzene rings is 2. The summed E-state index contributed by atoms with van der Waals surface area (Å²) in [6, 6.07) is 19.4. The van der Waals surface area contributed by atoms with Crippen LogP contribution in [0.3, 0.4) is 0 Å². The maximum Gasteiger partial charge on any atom is 0.324 e. The lowest BCUT2D eigenvalue weighted by Gasteiger charge is -2.16. The van der Waals surface area contributed by atoms with Gasteiger partial charge in [0.2, 0.25) is 0 Å². The molecule has 0 unspecified atom stereocenters. The van der Waals surface area contributed by atoms with Crippen LogP contribution < -0.4 is 5.32 Å². The zero-order valence-corrected chi connectivity index (χ0v) is 14.0. The van der Waals surface area contributed by atoms with Crippen LogP contribution in [-0.4, -0.2) is 24.5 Å². The van der Waals surface area contributed by atoms with Crippen molar-refractivity contribution in [2.45, 2.75) is 29.0 Å². The average molecular weight is 341 g/mol. The Labute approximate surface area is 145 Å². The molecule has 0 saturated heterocycles. The van der Waals surface area contributed by atoms with E-state index < -0.39 is 11.2 Å². The number of amides is 1. The highest BCUT2D eigenvalue weighted by molar-refractivity contribution is 8.00. The van der Waals surface area contributed by atoms with Crippen LogP contribution in [0, 0.1) is 0 Å². The fourth-order valence-corrected chi connectivity index (χ4v) is 3.27. The van der Waals surface area contributed by atoms with E-state index in [9.17, 15) is 9.59 Å². The molecule has 5 heteroatoms.